The van der Waals surface area contributed by atoms with Crippen LogP contribution in [0, 0.1) is 0 Å². The number of hydrogen-bond acceptors (Lipinski definition) is 3. The Kier molecular flexibility index (Phi) is 7.38. The van der Waals surface area contributed by atoms with Crippen LogP contribution in [0.4, 0.5) is 5.69 Å². The maximum atomic E-state index is 13.4. The van der Waals surface area contributed by atoms with Crippen LogP contribution < -0.4 is 4.90 Å². The molecule has 0 unspecified atom stereocenters. The summed E-state index contributed by atoms with van der Waals surface area (Å²) in [5.74, 6) is -0.748. The molecule has 0 aliphatic carbocycles. The van der Waals surface area contributed by atoms with Crippen molar-refractivity contribution < 1.29 is 14.3 Å². The molecule has 0 N–H and O–H groups in total. The van der Waals surface area contributed by atoms with Crippen LogP contribution >= 0.6 is 34.8 Å². The molecule has 0 aliphatic rings. The summed E-state index contributed by atoms with van der Waals surface area (Å²) in [6.07, 6.45) is 0. The zero-order chi connectivity index (χ0) is 21.7. The van der Waals surface area contributed by atoms with Gasteiger partial charge in [0, 0.05) is 21.3 Å². The van der Waals surface area contributed by atoms with Crippen LogP contribution in [-0.2, 0) is 11.3 Å². The van der Waals surface area contributed by atoms with Crippen molar-refractivity contribution in [1.29, 1.82) is 0 Å². The molecule has 0 spiro atoms. The number of carbonyl (C=O) groups excluding carboxylic acids is 2. The summed E-state index contributed by atoms with van der Waals surface area (Å²) in [7, 11) is 0. The van der Waals surface area contributed by atoms with Gasteiger partial charge in [-0.1, -0.05) is 53.0 Å². The average Bonchev–Trinajstić information content (AvgIpc) is 2.74. The van der Waals surface area contributed by atoms with Crippen molar-refractivity contribution >= 4 is 52.4 Å². The summed E-state index contributed by atoms with van der Waals surface area (Å²) in [5, 5.41) is 1.23. The lowest BCUT2D eigenvalue weighted by molar-refractivity contribution is 0.0526. The number of benzene rings is 3. The largest absolute Gasteiger partial charge is 0.462 e. The van der Waals surface area contributed by atoms with Gasteiger partial charge in [-0.3, -0.25) is 4.79 Å². The first kappa shape index (κ1) is 22.2. The van der Waals surface area contributed by atoms with Crippen LogP contribution in [0.2, 0.25) is 15.1 Å². The highest BCUT2D eigenvalue weighted by Gasteiger charge is 2.22. The summed E-state index contributed by atoms with van der Waals surface area (Å²) in [6.45, 7) is 2.15. The van der Waals surface area contributed by atoms with E-state index >= 15 is 0 Å². The van der Waals surface area contributed by atoms with Gasteiger partial charge < -0.3 is 9.64 Å². The van der Waals surface area contributed by atoms with Crippen molar-refractivity contribution in [3.05, 3.63) is 98.5 Å². The van der Waals surface area contributed by atoms with Gasteiger partial charge in [0.05, 0.1) is 29.3 Å². The third-order valence-corrected chi connectivity index (χ3v) is 5.46. The Morgan fingerprint density at radius 1 is 0.833 bits per heavy atom. The molecule has 30 heavy (non-hydrogen) atoms. The molecule has 0 fully saturated rings. The highest BCUT2D eigenvalue weighted by Crippen LogP contribution is 2.30. The molecule has 0 saturated heterocycles. The first-order chi connectivity index (χ1) is 14.4. The van der Waals surface area contributed by atoms with Gasteiger partial charge >= 0.3 is 5.97 Å². The van der Waals surface area contributed by atoms with Gasteiger partial charge in [0.25, 0.3) is 5.91 Å². The molecule has 154 valence electrons. The molecule has 0 bridgehead atoms. The summed E-state index contributed by atoms with van der Waals surface area (Å²) >= 11 is 18.9. The maximum absolute atomic E-state index is 13.4. The smallest absolute Gasteiger partial charge is 0.338 e. The molecule has 0 heterocycles. The quantitative estimate of drug-likeness (QED) is 0.384. The Hall–Kier alpha value is -2.53. The molecule has 0 aromatic heterocycles. The standard InChI is InChI=1S/C23H18Cl3NO3/c1-2-30-23(29)15-10-12-16(13-11-15)27(14-18-20(25)8-5-9-21(18)26)22(28)17-6-3-4-7-19(17)24/h3-13H,2,14H2,1H3. The van der Waals surface area contributed by atoms with E-state index < -0.39 is 5.97 Å². The Balaban J connectivity index is 2.02. The number of amides is 1. The summed E-state index contributed by atoms with van der Waals surface area (Å²) in [6, 6.07) is 18.5. The number of hydrogen-bond donors (Lipinski definition) is 0. The normalized spacial score (nSPS) is 10.5. The fourth-order valence-electron chi connectivity index (χ4n) is 2.89. The van der Waals surface area contributed by atoms with E-state index in [0.717, 1.165) is 0 Å². The first-order valence-electron chi connectivity index (χ1n) is 9.18. The van der Waals surface area contributed by atoms with Crippen molar-refractivity contribution in [3.63, 3.8) is 0 Å². The molecule has 7 heteroatoms. The minimum Gasteiger partial charge on any atom is -0.462 e. The maximum Gasteiger partial charge on any atom is 0.338 e. The third-order valence-electron chi connectivity index (χ3n) is 4.42. The third kappa shape index (κ3) is 4.96. The van der Waals surface area contributed by atoms with Gasteiger partial charge in [-0.15, -0.1) is 0 Å². The lowest BCUT2D eigenvalue weighted by atomic mass is 10.1. The van der Waals surface area contributed by atoms with Crippen molar-refractivity contribution in [1.82, 2.24) is 0 Å². The Labute approximate surface area is 189 Å². The van der Waals surface area contributed by atoms with E-state index in [0.29, 0.717) is 37.4 Å². The second-order valence-electron chi connectivity index (χ2n) is 6.34. The Morgan fingerprint density at radius 3 is 2.03 bits per heavy atom. The van der Waals surface area contributed by atoms with E-state index in [4.69, 9.17) is 39.5 Å². The monoisotopic (exact) mass is 461 g/mol. The highest BCUT2D eigenvalue weighted by molar-refractivity contribution is 6.36. The predicted molar refractivity (Wildman–Crippen MR) is 121 cm³/mol. The van der Waals surface area contributed by atoms with Gasteiger partial charge in [-0.25, -0.2) is 4.79 Å². The fraction of sp³-hybridized carbons (Fsp3) is 0.130. The van der Waals surface area contributed by atoms with Crippen LogP contribution in [0.1, 0.15) is 33.2 Å². The topological polar surface area (TPSA) is 46.6 Å². The molecule has 3 aromatic rings. The van der Waals surface area contributed by atoms with Crippen LogP contribution in [0.3, 0.4) is 0 Å². The minimum atomic E-state index is -0.429. The number of carbonyl (C=O) groups is 2. The van der Waals surface area contributed by atoms with E-state index in [2.05, 4.69) is 0 Å². The number of esters is 1. The molecule has 0 aliphatic heterocycles. The van der Waals surface area contributed by atoms with Crippen molar-refractivity contribution in [2.75, 3.05) is 11.5 Å². The molecule has 3 aromatic carbocycles. The molecule has 4 nitrogen and oxygen atoms in total. The molecular weight excluding hydrogens is 445 g/mol. The predicted octanol–water partition coefficient (Wildman–Crippen LogP) is 6.67. The summed E-state index contributed by atoms with van der Waals surface area (Å²) in [4.78, 5) is 26.8. The van der Waals surface area contributed by atoms with Gasteiger partial charge in [-0.05, 0) is 55.5 Å². The molecule has 0 radical (unpaired) electrons. The number of rotatable bonds is 6. The van der Waals surface area contributed by atoms with Crippen molar-refractivity contribution in [2.24, 2.45) is 0 Å². The molecular formula is C23H18Cl3NO3. The average molecular weight is 463 g/mol. The SMILES string of the molecule is CCOC(=O)c1ccc(N(Cc2c(Cl)cccc2Cl)C(=O)c2ccccc2Cl)cc1. The molecule has 1 amide bonds. The van der Waals surface area contributed by atoms with E-state index in [1.54, 1.807) is 73.7 Å². The van der Waals surface area contributed by atoms with Crippen LogP contribution in [0.5, 0.6) is 0 Å². The lowest BCUT2D eigenvalue weighted by Crippen LogP contribution is -2.31. The van der Waals surface area contributed by atoms with Gasteiger partial charge in [0.2, 0.25) is 0 Å². The van der Waals surface area contributed by atoms with E-state index in [1.165, 1.54) is 4.90 Å². The molecule has 0 saturated carbocycles. The van der Waals surface area contributed by atoms with Gasteiger partial charge in [0.15, 0.2) is 0 Å². The van der Waals surface area contributed by atoms with Crippen LogP contribution in [0.15, 0.2) is 66.7 Å². The van der Waals surface area contributed by atoms with Crippen LogP contribution in [0.25, 0.3) is 0 Å². The lowest BCUT2D eigenvalue weighted by Gasteiger charge is -2.25. The van der Waals surface area contributed by atoms with E-state index in [9.17, 15) is 9.59 Å². The Morgan fingerprint density at radius 2 is 1.43 bits per heavy atom. The molecule has 0 atom stereocenters. The van der Waals surface area contributed by atoms with Gasteiger partial charge in [-0.2, -0.15) is 0 Å². The Bertz CT molecular complexity index is 1050. The summed E-state index contributed by atoms with van der Waals surface area (Å²) < 4.78 is 5.02. The second kappa shape index (κ2) is 9.98. The number of halogens is 3. The molecule has 3 rings (SSSR count). The van der Waals surface area contributed by atoms with Crippen molar-refractivity contribution in [3.8, 4) is 0 Å². The minimum absolute atomic E-state index is 0.126. The van der Waals surface area contributed by atoms with E-state index in [-0.39, 0.29) is 19.1 Å². The van der Waals surface area contributed by atoms with Crippen LogP contribution in [-0.4, -0.2) is 18.5 Å². The second-order valence-corrected chi connectivity index (χ2v) is 7.56. The van der Waals surface area contributed by atoms with Gasteiger partial charge in [0.1, 0.15) is 0 Å². The zero-order valence-electron chi connectivity index (χ0n) is 16.1. The number of nitrogens with zero attached hydrogens (tertiary/aromatic N) is 1. The summed E-state index contributed by atoms with van der Waals surface area (Å²) in [5.41, 5.74) is 1.90. The number of ether oxygens (including phenoxy) is 1. The first-order valence-corrected chi connectivity index (χ1v) is 10.3. The highest BCUT2D eigenvalue weighted by atomic mass is 35.5. The van der Waals surface area contributed by atoms with E-state index in [1.807, 2.05) is 0 Å². The number of anilines is 1. The zero-order valence-corrected chi connectivity index (χ0v) is 18.3. The fourth-order valence-corrected chi connectivity index (χ4v) is 3.63. The van der Waals surface area contributed by atoms with Crippen molar-refractivity contribution in [2.45, 2.75) is 13.5 Å².